The number of aromatic nitrogens is 2. The third kappa shape index (κ3) is 3.05. The summed E-state index contributed by atoms with van der Waals surface area (Å²) >= 11 is 0. The van der Waals surface area contributed by atoms with Crippen LogP contribution in [0.15, 0.2) is 28.4 Å². The summed E-state index contributed by atoms with van der Waals surface area (Å²) in [5, 5.41) is 28.5. The first-order valence-electron chi connectivity index (χ1n) is 6.96. The smallest absolute Gasteiger partial charge is 0.333 e. The van der Waals surface area contributed by atoms with Gasteiger partial charge in [0.05, 0.1) is 25.4 Å². The molecule has 1 aromatic heterocycles. The molecule has 0 saturated carbocycles. The third-order valence-electron chi connectivity index (χ3n) is 3.70. The summed E-state index contributed by atoms with van der Waals surface area (Å²) in [4.78, 5) is 24.5. The van der Waals surface area contributed by atoms with E-state index in [-0.39, 0.29) is 19.6 Å². The van der Waals surface area contributed by atoms with E-state index in [1.54, 1.807) is 6.92 Å². The molecular weight excluding hydrogens is 292 g/mol. The molecule has 0 aromatic carbocycles. The third-order valence-corrected chi connectivity index (χ3v) is 3.70. The minimum atomic E-state index is -1.03. The molecule has 1 saturated heterocycles. The second-order valence-electron chi connectivity index (χ2n) is 5.34. The zero-order chi connectivity index (χ0) is 16.4. The summed E-state index contributed by atoms with van der Waals surface area (Å²) < 4.78 is 7.54. The minimum absolute atomic E-state index is 0.132. The van der Waals surface area contributed by atoms with E-state index in [4.69, 9.17) is 9.84 Å². The number of aliphatic hydroxyl groups excluding tert-OH is 3. The molecule has 0 bridgehead atoms. The number of nitrogens with zero attached hydrogens (tertiary/aromatic N) is 2. The molecular formula is C14H20N2O6. The van der Waals surface area contributed by atoms with Gasteiger partial charge in [-0.15, -0.1) is 6.58 Å². The Morgan fingerprint density at radius 2 is 2.23 bits per heavy atom. The van der Waals surface area contributed by atoms with Crippen molar-refractivity contribution in [2.24, 2.45) is 0 Å². The number of ether oxygens (including phenoxy) is 1. The molecule has 4 atom stereocenters. The predicted octanol–water partition coefficient (Wildman–Crippen LogP) is -1.49. The van der Waals surface area contributed by atoms with Crippen LogP contribution >= 0.6 is 0 Å². The van der Waals surface area contributed by atoms with Crippen molar-refractivity contribution in [3.63, 3.8) is 0 Å². The van der Waals surface area contributed by atoms with Crippen LogP contribution in [-0.4, -0.2) is 49.4 Å². The fraction of sp³-hybridized carbons (Fsp3) is 0.571. The van der Waals surface area contributed by atoms with Crippen molar-refractivity contribution < 1.29 is 20.1 Å². The summed E-state index contributed by atoms with van der Waals surface area (Å²) in [5.74, 6) is 0. The SMILES string of the molecule is C=CC(O)Cn1c(=O)c(C)cn([C@H]2C[C@H](O)[C@@H](CO)O2)c1=O. The summed E-state index contributed by atoms with van der Waals surface area (Å²) in [5.41, 5.74) is -0.840. The Bertz CT molecular complexity index is 664. The molecule has 0 amide bonds. The van der Waals surface area contributed by atoms with Crippen LogP contribution in [0.3, 0.4) is 0 Å². The van der Waals surface area contributed by atoms with E-state index >= 15 is 0 Å². The lowest BCUT2D eigenvalue weighted by Crippen LogP contribution is -2.44. The van der Waals surface area contributed by atoms with Crippen molar-refractivity contribution in [1.29, 1.82) is 0 Å². The van der Waals surface area contributed by atoms with Crippen LogP contribution in [0.2, 0.25) is 0 Å². The normalized spacial score (nSPS) is 26.1. The lowest BCUT2D eigenvalue weighted by molar-refractivity contribution is -0.0464. The molecule has 0 spiro atoms. The Hall–Kier alpha value is -1.74. The fourth-order valence-electron chi connectivity index (χ4n) is 2.44. The van der Waals surface area contributed by atoms with Gasteiger partial charge in [0.2, 0.25) is 0 Å². The van der Waals surface area contributed by atoms with Crippen LogP contribution in [0.5, 0.6) is 0 Å². The molecule has 1 unspecified atom stereocenters. The Balaban J connectivity index is 2.44. The molecule has 8 heteroatoms. The van der Waals surface area contributed by atoms with Crippen LogP contribution in [0.1, 0.15) is 18.2 Å². The molecule has 2 heterocycles. The van der Waals surface area contributed by atoms with Crippen LogP contribution in [0.25, 0.3) is 0 Å². The van der Waals surface area contributed by atoms with E-state index in [2.05, 4.69) is 6.58 Å². The van der Waals surface area contributed by atoms with Crippen LogP contribution in [0, 0.1) is 6.92 Å². The molecule has 0 aliphatic carbocycles. The van der Waals surface area contributed by atoms with Gasteiger partial charge in [-0.05, 0) is 6.92 Å². The van der Waals surface area contributed by atoms with Gasteiger partial charge in [0.15, 0.2) is 0 Å². The Labute approximate surface area is 126 Å². The van der Waals surface area contributed by atoms with Gasteiger partial charge in [0.1, 0.15) is 12.3 Å². The predicted molar refractivity (Wildman–Crippen MR) is 77.5 cm³/mol. The molecule has 122 valence electrons. The van der Waals surface area contributed by atoms with E-state index < -0.39 is 35.8 Å². The molecule has 22 heavy (non-hydrogen) atoms. The highest BCUT2D eigenvalue weighted by Gasteiger charge is 2.35. The Morgan fingerprint density at radius 3 is 2.77 bits per heavy atom. The monoisotopic (exact) mass is 312 g/mol. The number of hydrogen-bond acceptors (Lipinski definition) is 6. The van der Waals surface area contributed by atoms with Gasteiger partial charge in [-0.25, -0.2) is 4.79 Å². The maximum absolute atomic E-state index is 12.4. The van der Waals surface area contributed by atoms with Crippen molar-refractivity contribution in [1.82, 2.24) is 9.13 Å². The second-order valence-corrected chi connectivity index (χ2v) is 5.34. The van der Waals surface area contributed by atoms with Crippen LogP contribution in [-0.2, 0) is 11.3 Å². The lowest BCUT2D eigenvalue weighted by atomic mass is 10.2. The summed E-state index contributed by atoms with van der Waals surface area (Å²) in [6.07, 6.45) is -0.730. The van der Waals surface area contributed by atoms with E-state index in [9.17, 15) is 19.8 Å². The fourth-order valence-corrected chi connectivity index (χ4v) is 2.44. The zero-order valence-electron chi connectivity index (χ0n) is 12.3. The highest BCUT2D eigenvalue weighted by Crippen LogP contribution is 2.27. The van der Waals surface area contributed by atoms with Gasteiger partial charge in [-0.1, -0.05) is 6.08 Å². The maximum Gasteiger partial charge on any atom is 0.333 e. The Morgan fingerprint density at radius 1 is 1.55 bits per heavy atom. The first kappa shape index (κ1) is 16.6. The van der Waals surface area contributed by atoms with Gasteiger partial charge in [-0.2, -0.15) is 0 Å². The second kappa shape index (κ2) is 6.57. The minimum Gasteiger partial charge on any atom is -0.394 e. The van der Waals surface area contributed by atoms with Gasteiger partial charge in [0, 0.05) is 18.2 Å². The first-order chi connectivity index (χ1) is 10.4. The lowest BCUT2D eigenvalue weighted by Gasteiger charge is -2.18. The number of aliphatic hydroxyl groups is 3. The molecule has 1 aliphatic heterocycles. The quantitative estimate of drug-likeness (QED) is 0.571. The molecule has 1 fully saturated rings. The highest BCUT2D eigenvalue weighted by atomic mass is 16.5. The van der Waals surface area contributed by atoms with Crippen molar-refractivity contribution in [2.75, 3.05) is 6.61 Å². The molecule has 1 aliphatic rings. The first-order valence-corrected chi connectivity index (χ1v) is 6.96. The average Bonchev–Trinajstić information content (AvgIpc) is 2.87. The largest absolute Gasteiger partial charge is 0.394 e. The van der Waals surface area contributed by atoms with Crippen molar-refractivity contribution >= 4 is 0 Å². The number of hydrogen-bond donors (Lipinski definition) is 3. The number of rotatable bonds is 5. The molecule has 3 N–H and O–H groups in total. The van der Waals surface area contributed by atoms with E-state index in [0.717, 1.165) is 4.57 Å². The van der Waals surface area contributed by atoms with Gasteiger partial charge >= 0.3 is 5.69 Å². The molecule has 0 radical (unpaired) electrons. The molecule has 1 aromatic rings. The highest BCUT2D eigenvalue weighted by molar-refractivity contribution is 5.04. The van der Waals surface area contributed by atoms with Crippen LogP contribution in [0.4, 0.5) is 0 Å². The van der Waals surface area contributed by atoms with Gasteiger partial charge in [-0.3, -0.25) is 13.9 Å². The van der Waals surface area contributed by atoms with Gasteiger partial charge in [0.25, 0.3) is 5.56 Å². The van der Waals surface area contributed by atoms with Crippen LogP contribution < -0.4 is 11.2 Å². The topological polar surface area (TPSA) is 114 Å². The summed E-state index contributed by atoms with van der Waals surface area (Å²) in [6, 6.07) is 0. The van der Waals surface area contributed by atoms with Crippen molar-refractivity contribution in [2.45, 2.75) is 44.4 Å². The van der Waals surface area contributed by atoms with Crippen molar-refractivity contribution in [3.8, 4) is 0 Å². The Kier molecular flexibility index (Phi) is 4.97. The van der Waals surface area contributed by atoms with E-state index in [1.165, 1.54) is 16.8 Å². The zero-order valence-corrected chi connectivity index (χ0v) is 12.3. The average molecular weight is 312 g/mol. The number of aryl methyl sites for hydroxylation is 1. The van der Waals surface area contributed by atoms with Crippen molar-refractivity contribution in [3.05, 3.63) is 45.3 Å². The van der Waals surface area contributed by atoms with E-state index in [1.807, 2.05) is 0 Å². The maximum atomic E-state index is 12.4. The van der Waals surface area contributed by atoms with E-state index in [0.29, 0.717) is 5.56 Å². The summed E-state index contributed by atoms with van der Waals surface area (Å²) in [7, 11) is 0. The summed E-state index contributed by atoms with van der Waals surface area (Å²) in [6.45, 7) is 4.39. The van der Waals surface area contributed by atoms with Gasteiger partial charge < -0.3 is 20.1 Å². The standard InChI is InChI=1S/C14H20N2O6/c1-3-9(18)6-16-13(20)8(2)5-15(14(16)21)12-4-10(19)11(7-17)22-12/h3,5,9-12,17-19H,1,4,6-7H2,2H3/t9?,10-,11+,12+/m0/s1. The molecule has 2 rings (SSSR count). The molecule has 8 nitrogen and oxygen atoms in total.